The van der Waals surface area contributed by atoms with Crippen molar-refractivity contribution < 1.29 is 9.90 Å². The third-order valence-corrected chi connectivity index (χ3v) is 5.69. The van der Waals surface area contributed by atoms with E-state index in [0.29, 0.717) is 17.9 Å². The van der Waals surface area contributed by atoms with Crippen LogP contribution in [0, 0.1) is 5.92 Å². The van der Waals surface area contributed by atoms with E-state index in [0.717, 1.165) is 38.6 Å². The molecule has 3 atom stereocenters. The predicted octanol–water partition coefficient (Wildman–Crippen LogP) is 3.71. The average Bonchev–Trinajstić information content (AvgIpc) is 3.28. The van der Waals surface area contributed by atoms with Crippen molar-refractivity contribution in [3.05, 3.63) is 48.0 Å². The summed E-state index contributed by atoms with van der Waals surface area (Å²) in [4.78, 5) is 15.1. The molecule has 3 unspecified atom stereocenters. The molecule has 1 aliphatic carbocycles. The first kappa shape index (κ1) is 15.6. The van der Waals surface area contributed by atoms with Gasteiger partial charge in [-0.1, -0.05) is 42.5 Å². The number of benzene rings is 2. The third kappa shape index (κ3) is 2.82. The van der Waals surface area contributed by atoms with Gasteiger partial charge in [-0.15, -0.1) is 0 Å². The molecule has 2 aliphatic rings. The minimum atomic E-state index is 0.158. The fourth-order valence-electron chi connectivity index (χ4n) is 4.35. The zero-order valence-electron chi connectivity index (χ0n) is 14.0. The lowest BCUT2D eigenvalue weighted by Gasteiger charge is -2.25. The van der Waals surface area contributed by atoms with Gasteiger partial charge >= 0.3 is 0 Å². The van der Waals surface area contributed by atoms with Crippen LogP contribution in [-0.4, -0.2) is 35.1 Å². The number of rotatable bonds is 5. The maximum absolute atomic E-state index is 13.0. The highest BCUT2D eigenvalue weighted by Crippen LogP contribution is 2.51. The van der Waals surface area contributed by atoms with Crippen molar-refractivity contribution in [2.45, 2.75) is 44.1 Å². The number of carbonyl (C=O) groups excluding carboxylic acids is 1. The van der Waals surface area contributed by atoms with E-state index in [1.165, 1.54) is 16.3 Å². The molecule has 0 aromatic heterocycles. The lowest BCUT2D eigenvalue weighted by Crippen LogP contribution is -2.37. The molecule has 1 aliphatic heterocycles. The van der Waals surface area contributed by atoms with Gasteiger partial charge in [-0.05, 0) is 54.4 Å². The van der Waals surface area contributed by atoms with Crippen LogP contribution in [-0.2, 0) is 4.79 Å². The number of fused-ring (bicyclic) bond motifs is 1. The summed E-state index contributed by atoms with van der Waals surface area (Å²) in [5.41, 5.74) is 1.33. The van der Waals surface area contributed by atoms with Crippen molar-refractivity contribution in [1.29, 1.82) is 0 Å². The summed E-state index contributed by atoms with van der Waals surface area (Å²) in [6, 6.07) is 15.2. The van der Waals surface area contributed by atoms with Crippen molar-refractivity contribution in [2.24, 2.45) is 5.92 Å². The molecule has 3 nitrogen and oxygen atoms in total. The van der Waals surface area contributed by atoms with Crippen molar-refractivity contribution in [3.8, 4) is 0 Å². The fourth-order valence-corrected chi connectivity index (χ4v) is 4.35. The zero-order chi connectivity index (χ0) is 16.5. The van der Waals surface area contributed by atoms with E-state index in [1.54, 1.807) is 0 Å². The van der Waals surface area contributed by atoms with Crippen LogP contribution in [0.2, 0.25) is 0 Å². The molecular formula is C21H25NO2. The van der Waals surface area contributed by atoms with Crippen molar-refractivity contribution in [1.82, 2.24) is 4.90 Å². The van der Waals surface area contributed by atoms with E-state index in [-0.39, 0.29) is 12.5 Å². The van der Waals surface area contributed by atoms with Gasteiger partial charge in [0.15, 0.2) is 0 Å². The Morgan fingerprint density at radius 1 is 1.17 bits per heavy atom. The molecule has 1 N–H and O–H groups in total. The number of likely N-dealkylation sites (tertiary alicyclic amines) is 1. The Kier molecular flexibility index (Phi) is 4.28. The largest absolute Gasteiger partial charge is 0.396 e. The Labute approximate surface area is 143 Å². The van der Waals surface area contributed by atoms with Crippen LogP contribution >= 0.6 is 0 Å². The van der Waals surface area contributed by atoms with Crippen LogP contribution in [0.15, 0.2) is 42.5 Å². The van der Waals surface area contributed by atoms with Crippen LogP contribution in [0.4, 0.5) is 0 Å². The fraction of sp³-hybridized carbons (Fsp3) is 0.476. The molecule has 2 aromatic rings. The third-order valence-electron chi connectivity index (χ3n) is 5.69. The first-order valence-corrected chi connectivity index (χ1v) is 9.18. The molecule has 4 rings (SSSR count). The SMILES string of the molecule is O=C(C1CC1c1cccc2ccccc12)N1CCCC1CCCO. The Balaban J connectivity index is 1.50. The van der Waals surface area contributed by atoms with Gasteiger partial charge in [-0.25, -0.2) is 0 Å². The number of carbonyl (C=O) groups is 1. The smallest absolute Gasteiger partial charge is 0.226 e. The number of hydrogen-bond donors (Lipinski definition) is 1. The van der Waals surface area contributed by atoms with Gasteiger partial charge in [0.05, 0.1) is 0 Å². The highest BCUT2D eigenvalue weighted by atomic mass is 16.3. The Morgan fingerprint density at radius 2 is 2.00 bits per heavy atom. The maximum Gasteiger partial charge on any atom is 0.226 e. The number of aliphatic hydroxyl groups excluding tert-OH is 1. The number of amides is 1. The van der Waals surface area contributed by atoms with E-state index < -0.39 is 0 Å². The summed E-state index contributed by atoms with van der Waals surface area (Å²) in [6.45, 7) is 1.12. The molecule has 1 amide bonds. The second kappa shape index (κ2) is 6.56. The van der Waals surface area contributed by atoms with E-state index in [4.69, 9.17) is 5.11 Å². The first-order chi connectivity index (χ1) is 11.8. The van der Waals surface area contributed by atoms with E-state index in [2.05, 4.69) is 47.4 Å². The van der Waals surface area contributed by atoms with Gasteiger partial charge in [-0.2, -0.15) is 0 Å². The highest BCUT2D eigenvalue weighted by molar-refractivity contribution is 5.89. The Morgan fingerprint density at radius 3 is 2.88 bits per heavy atom. The monoisotopic (exact) mass is 323 g/mol. The standard InChI is InChI=1S/C21H25NO2/c23-13-5-9-16-8-4-12-22(16)21(24)20-14-19(20)18-11-3-7-15-6-1-2-10-17(15)18/h1-3,6-7,10-11,16,19-20,23H,4-5,8-9,12-14H2. The molecule has 126 valence electrons. The van der Waals surface area contributed by atoms with Crippen LogP contribution < -0.4 is 0 Å². The van der Waals surface area contributed by atoms with Crippen molar-refractivity contribution in [2.75, 3.05) is 13.2 Å². The predicted molar refractivity (Wildman–Crippen MR) is 95.9 cm³/mol. The van der Waals surface area contributed by atoms with E-state index >= 15 is 0 Å². The zero-order valence-corrected chi connectivity index (χ0v) is 14.0. The van der Waals surface area contributed by atoms with Crippen LogP contribution in [0.3, 0.4) is 0 Å². The van der Waals surface area contributed by atoms with E-state index in [1.807, 2.05) is 0 Å². The maximum atomic E-state index is 13.0. The Bertz CT molecular complexity index is 736. The first-order valence-electron chi connectivity index (χ1n) is 9.18. The van der Waals surface area contributed by atoms with Crippen LogP contribution in [0.1, 0.15) is 43.6 Å². The molecule has 0 bridgehead atoms. The van der Waals surface area contributed by atoms with Gasteiger partial charge in [0.1, 0.15) is 0 Å². The van der Waals surface area contributed by atoms with Crippen LogP contribution in [0.5, 0.6) is 0 Å². The summed E-state index contributed by atoms with van der Waals surface area (Å²) in [5.74, 6) is 0.876. The van der Waals surface area contributed by atoms with Gasteiger partial charge in [0.2, 0.25) is 5.91 Å². The molecule has 0 spiro atoms. The summed E-state index contributed by atoms with van der Waals surface area (Å²) in [5, 5.41) is 11.6. The van der Waals surface area contributed by atoms with Crippen LogP contribution in [0.25, 0.3) is 10.8 Å². The lowest BCUT2D eigenvalue weighted by molar-refractivity contribution is -0.133. The molecule has 1 saturated carbocycles. The van der Waals surface area contributed by atoms with Gasteiger partial charge in [0.25, 0.3) is 0 Å². The lowest BCUT2D eigenvalue weighted by atomic mass is 10.00. The molecule has 3 heteroatoms. The summed E-state index contributed by atoms with van der Waals surface area (Å²) in [7, 11) is 0. The summed E-state index contributed by atoms with van der Waals surface area (Å²) in [6.07, 6.45) is 4.92. The molecule has 2 aromatic carbocycles. The molecule has 24 heavy (non-hydrogen) atoms. The number of hydrogen-bond acceptors (Lipinski definition) is 2. The molecule has 1 saturated heterocycles. The molecule has 0 radical (unpaired) electrons. The topological polar surface area (TPSA) is 40.5 Å². The number of aliphatic hydroxyl groups is 1. The minimum Gasteiger partial charge on any atom is -0.396 e. The molecular weight excluding hydrogens is 298 g/mol. The Hall–Kier alpha value is -1.87. The van der Waals surface area contributed by atoms with Gasteiger partial charge in [0, 0.05) is 25.1 Å². The summed E-state index contributed by atoms with van der Waals surface area (Å²) < 4.78 is 0. The normalized spacial score (nSPS) is 26.0. The summed E-state index contributed by atoms with van der Waals surface area (Å²) >= 11 is 0. The minimum absolute atomic E-state index is 0.158. The second-order valence-corrected chi connectivity index (χ2v) is 7.21. The van der Waals surface area contributed by atoms with Crippen molar-refractivity contribution >= 4 is 16.7 Å². The molecule has 1 heterocycles. The van der Waals surface area contributed by atoms with E-state index in [9.17, 15) is 4.79 Å². The quantitative estimate of drug-likeness (QED) is 0.911. The van der Waals surface area contributed by atoms with Gasteiger partial charge < -0.3 is 10.0 Å². The molecule has 2 fully saturated rings. The van der Waals surface area contributed by atoms with Crippen molar-refractivity contribution in [3.63, 3.8) is 0 Å². The van der Waals surface area contributed by atoms with Gasteiger partial charge in [-0.3, -0.25) is 4.79 Å². The number of nitrogens with zero attached hydrogens (tertiary/aromatic N) is 1. The second-order valence-electron chi connectivity index (χ2n) is 7.21. The average molecular weight is 323 g/mol. The highest BCUT2D eigenvalue weighted by Gasteiger charge is 2.47.